The Balaban J connectivity index is 0.000000199. The third-order valence-corrected chi connectivity index (χ3v) is 5.97. The van der Waals surface area contributed by atoms with Crippen LogP contribution in [-0.4, -0.2) is 13.0 Å². The molecule has 3 aromatic carbocycles. The van der Waals surface area contributed by atoms with Crippen molar-refractivity contribution in [1.82, 2.24) is 0 Å². The van der Waals surface area contributed by atoms with Gasteiger partial charge in [-0.05, 0) is 37.6 Å². The van der Waals surface area contributed by atoms with Crippen molar-refractivity contribution in [3.63, 3.8) is 0 Å². The second kappa shape index (κ2) is 9.43. The molecule has 0 bridgehead atoms. The molecule has 0 radical (unpaired) electrons. The average molecular weight is 438 g/mol. The molecule has 0 aliphatic heterocycles. The molecule has 0 saturated carbocycles. The average Bonchev–Trinajstić information content (AvgIpc) is 2.74. The molecule has 154 valence electrons. The summed E-state index contributed by atoms with van der Waals surface area (Å²) in [7, 11) is -4.27. The molecule has 0 N–H and O–H groups in total. The van der Waals surface area contributed by atoms with Gasteiger partial charge in [0.15, 0.2) is 0 Å². The van der Waals surface area contributed by atoms with E-state index in [-0.39, 0.29) is 4.90 Å². The molecule has 0 atom stereocenters. The van der Waals surface area contributed by atoms with Gasteiger partial charge in [-0.25, -0.2) is 8.42 Å². The maximum atomic E-state index is 10.4. The van der Waals surface area contributed by atoms with Gasteiger partial charge in [0.1, 0.15) is 16.7 Å². The lowest BCUT2D eigenvalue weighted by Crippen LogP contribution is -2.35. The van der Waals surface area contributed by atoms with Crippen molar-refractivity contribution in [2.45, 2.75) is 30.3 Å². The number of pyridine rings is 1. The Morgan fingerprint density at radius 3 is 2.10 bits per heavy atom. The van der Waals surface area contributed by atoms with Crippen molar-refractivity contribution < 1.29 is 17.5 Å². The minimum absolute atomic E-state index is 0.178. The van der Waals surface area contributed by atoms with Gasteiger partial charge in [0.05, 0.1) is 10.3 Å². The Hall–Kier alpha value is -2.67. The van der Waals surface area contributed by atoms with E-state index < -0.39 is 10.1 Å². The number of aromatic nitrogens is 1. The lowest BCUT2D eigenvalue weighted by molar-refractivity contribution is -0.704. The van der Waals surface area contributed by atoms with Crippen LogP contribution in [-0.2, 0) is 16.7 Å². The van der Waals surface area contributed by atoms with E-state index in [9.17, 15) is 13.0 Å². The Bertz CT molecular complexity index is 1250. The smallest absolute Gasteiger partial charge is 0.238 e. The van der Waals surface area contributed by atoms with Gasteiger partial charge in [0, 0.05) is 17.7 Å². The van der Waals surface area contributed by atoms with Crippen LogP contribution >= 0.6 is 12.6 Å². The summed E-state index contributed by atoms with van der Waals surface area (Å²) in [6.45, 7) is 4.89. The number of benzene rings is 3. The van der Waals surface area contributed by atoms with E-state index in [0.717, 1.165) is 17.1 Å². The Labute approximate surface area is 183 Å². The minimum Gasteiger partial charge on any atom is -0.744 e. The van der Waals surface area contributed by atoms with Crippen molar-refractivity contribution in [2.75, 3.05) is 0 Å². The third kappa shape index (κ3) is 5.08. The summed E-state index contributed by atoms with van der Waals surface area (Å²) in [6, 6.07) is 26.9. The molecule has 4 rings (SSSR count). The lowest BCUT2D eigenvalue weighted by atomic mass is 10.0. The fourth-order valence-corrected chi connectivity index (χ4v) is 4.09. The van der Waals surface area contributed by atoms with Crippen LogP contribution < -0.4 is 4.57 Å². The molecular formula is C24H23NO3S2. The zero-order valence-corrected chi connectivity index (χ0v) is 18.5. The summed E-state index contributed by atoms with van der Waals surface area (Å²) in [5.74, 6) is 0. The van der Waals surface area contributed by atoms with Crippen molar-refractivity contribution in [3.8, 4) is 11.1 Å². The summed E-state index contributed by atoms with van der Waals surface area (Å²) >= 11 is 4.64. The van der Waals surface area contributed by atoms with Crippen LogP contribution in [0.25, 0.3) is 22.0 Å². The number of nitrogens with zero attached hydrogens (tertiary/aromatic N) is 1. The van der Waals surface area contributed by atoms with Gasteiger partial charge in [0.2, 0.25) is 10.5 Å². The van der Waals surface area contributed by atoms with E-state index >= 15 is 0 Å². The standard InChI is InChI=1S/C17H15NS.C7H8O3S/c1-2-18-16-11-7-6-10-14(16)15(12-17(18)19)13-8-4-3-5-9-13;1-6-2-4-7(5-3-6)11(8,9)10/h3-12H,2H2,1H3;2-5H,1H3,(H,8,9,10). The number of hydrogen-bond acceptors (Lipinski definition) is 4. The predicted octanol–water partition coefficient (Wildman–Crippen LogP) is 5.00. The van der Waals surface area contributed by atoms with Crippen LogP contribution in [0.2, 0.25) is 0 Å². The molecule has 1 heterocycles. The molecule has 6 heteroatoms. The number of rotatable bonds is 3. The second-order valence-corrected chi connectivity index (χ2v) is 8.65. The first kappa shape index (κ1) is 22.0. The highest BCUT2D eigenvalue weighted by Gasteiger charge is 2.16. The molecule has 0 spiro atoms. The third-order valence-electron chi connectivity index (χ3n) is 4.75. The topological polar surface area (TPSA) is 61.1 Å². The van der Waals surface area contributed by atoms with Gasteiger partial charge in [-0.2, -0.15) is 4.57 Å². The molecule has 1 aromatic heterocycles. The molecule has 4 nitrogen and oxygen atoms in total. The van der Waals surface area contributed by atoms with Crippen LogP contribution in [0.3, 0.4) is 0 Å². The first-order chi connectivity index (χ1) is 14.3. The van der Waals surface area contributed by atoms with Crippen LogP contribution in [0, 0.1) is 6.92 Å². The molecule has 0 aliphatic rings. The van der Waals surface area contributed by atoms with Gasteiger partial charge in [0.25, 0.3) is 0 Å². The molecular weight excluding hydrogens is 414 g/mol. The summed E-state index contributed by atoms with van der Waals surface area (Å²) < 4.78 is 33.4. The van der Waals surface area contributed by atoms with Gasteiger partial charge < -0.3 is 4.55 Å². The van der Waals surface area contributed by atoms with E-state index in [0.29, 0.717) is 0 Å². The fourth-order valence-electron chi connectivity index (χ4n) is 3.24. The van der Waals surface area contributed by atoms with E-state index in [2.05, 4.69) is 78.7 Å². The molecule has 0 amide bonds. The lowest BCUT2D eigenvalue weighted by Gasteiger charge is -2.08. The first-order valence-corrected chi connectivity index (χ1v) is 11.4. The van der Waals surface area contributed by atoms with Gasteiger partial charge in [-0.15, -0.1) is 0 Å². The first-order valence-electron chi connectivity index (χ1n) is 9.54. The summed E-state index contributed by atoms with van der Waals surface area (Å²) in [6.07, 6.45) is 0. The van der Waals surface area contributed by atoms with E-state index in [4.69, 9.17) is 0 Å². The number of para-hydroxylation sites is 1. The molecule has 4 aromatic rings. The SMILES string of the molecule is CC[n+]1c(S)cc(-c2ccccc2)c2ccccc21.Cc1ccc(S(=O)(=O)[O-])cc1. The molecule has 0 aliphatic carbocycles. The van der Waals surface area contributed by atoms with Crippen molar-refractivity contribution >= 4 is 33.6 Å². The maximum absolute atomic E-state index is 10.4. The fraction of sp³-hybridized carbons (Fsp3) is 0.125. The quantitative estimate of drug-likeness (QED) is 0.279. The predicted molar refractivity (Wildman–Crippen MR) is 122 cm³/mol. The van der Waals surface area contributed by atoms with Gasteiger partial charge >= 0.3 is 0 Å². The number of thiol groups is 1. The van der Waals surface area contributed by atoms with Gasteiger partial charge in [-0.1, -0.05) is 72.8 Å². The highest BCUT2D eigenvalue weighted by Crippen LogP contribution is 2.28. The molecule has 0 unspecified atom stereocenters. The highest BCUT2D eigenvalue weighted by molar-refractivity contribution is 7.85. The Kier molecular flexibility index (Phi) is 6.92. The highest BCUT2D eigenvalue weighted by atomic mass is 32.2. The van der Waals surface area contributed by atoms with Crippen LogP contribution in [0.4, 0.5) is 0 Å². The summed E-state index contributed by atoms with van der Waals surface area (Å²) in [5, 5.41) is 2.27. The zero-order valence-electron chi connectivity index (χ0n) is 16.8. The van der Waals surface area contributed by atoms with Gasteiger partial charge in [-0.3, -0.25) is 0 Å². The number of aryl methyl sites for hydroxylation is 2. The van der Waals surface area contributed by atoms with Crippen LogP contribution in [0.15, 0.2) is 94.9 Å². The number of hydrogen-bond donors (Lipinski definition) is 1. The Morgan fingerprint density at radius 1 is 0.900 bits per heavy atom. The summed E-state index contributed by atoms with van der Waals surface area (Å²) in [4.78, 5) is -0.178. The molecule has 30 heavy (non-hydrogen) atoms. The Morgan fingerprint density at radius 2 is 1.50 bits per heavy atom. The monoisotopic (exact) mass is 437 g/mol. The van der Waals surface area contributed by atoms with Crippen molar-refractivity contribution in [3.05, 3.63) is 90.5 Å². The van der Waals surface area contributed by atoms with E-state index in [1.54, 1.807) is 12.1 Å². The van der Waals surface area contributed by atoms with Crippen molar-refractivity contribution in [2.24, 2.45) is 0 Å². The molecule has 0 fully saturated rings. The summed E-state index contributed by atoms with van der Waals surface area (Å²) in [5.41, 5.74) is 4.64. The van der Waals surface area contributed by atoms with Crippen LogP contribution in [0.5, 0.6) is 0 Å². The van der Waals surface area contributed by atoms with E-state index in [1.165, 1.54) is 34.2 Å². The van der Waals surface area contributed by atoms with E-state index in [1.807, 2.05) is 13.0 Å². The maximum Gasteiger partial charge on any atom is 0.238 e. The van der Waals surface area contributed by atoms with Crippen molar-refractivity contribution in [1.29, 1.82) is 0 Å². The minimum atomic E-state index is -4.27. The van der Waals surface area contributed by atoms with Crippen LogP contribution in [0.1, 0.15) is 12.5 Å². The number of fused-ring (bicyclic) bond motifs is 1. The molecule has 0 saturated heterocycles. The zero-order chi connectivity index (χ0) is 21.7. The largest absolute Gasteiger partial charge is 0.744 e. The normalized spacial score (nSPS) is 11.1. The second-order valence-electron chi connectivity index (χ2n) is 6.81.